The molecule has 0 spiro atoms. The zero-order valence-corrected chi connectivity index (χ0v) is 18.7. The molecule has 3 rings (SSSR count). The minimum Gasteiger partial charge on any atom is -0.497 e. The van der Waals surface area contributed by atoms with Crippen LogP contribution < -0.4 is 24.8 Å². The monoisotopic (exact) mass is 435 g/mol. The highest BCUT2D eigenvalue weighted by Crippen LogP contribution is 2.24. The Labute approximate surface area is 188 Å². The number of anilines is 2. The van der Waals surface area contributed by atoms with E-state index in [2.05, 4.69) is 15.6 Å². The average Bonchev–Trinajstić information content (AvgIpc) is 2.81. The highest BCUT2D eigenvalue weighted by Gasteiger charge is 2.11. The van der Waals surface area contributed by atoms with Crippen LogP contribution in [0.4, 0.5) is 11.5 Å². The van der Waals surface area contributed by atoms with Gasteiger partial charge in [-0.3, -0.25) is 4.79 Å². The van der Waals surface area contributed by atoms with Gasteiger partial charge >= 0.3 is 0 Å². The van der Waals surface area contributed by atoms with Crippen molar-refractivity contribution in [2.75, 3.05) is 37.5 Å². The molecule has 0 aliphatic carbocycles. The summed E-state index contributed by atoms with van der Waals surface area (Å²) in [5.41, 5.74) is 2.28. The zero-order valence-electron chi connectivity index (χ0n) is 18.7. The molecule has 7 nitrogen and oxygen atoms in total. The Bertz CT molecular complexity index is 980. The van der Waals surface area contributed by atoms with Crippen molar-refractivity contribution in [1.29, 1.82) is 0 Å². The van der Waals surface area contributed by atoms with Crippen LogP contribution in [0.1, 0.15) is 29.8 Å². The van der Waals surface area contributed by atoms with Crippen LogP contribution in [0.3, 0.4) is 0 Å². The van der Waals surface area contributed by atoms with Crippen molar-refractivity contribution >= 4 is 17.4 Å². The molecule has 1 heterocycles. The van der Waals surface area contributed by atoms with E-state index in [1.165, 1.54) is 5.56 Å². The van der Waals surface area contributed by atoms with Crippen LogP contribution in [-0.4, -0.2) is 37.8 Å². The van der Waals surface area contributed by atoms with E-state index in [0.29, 0.717) is 36.0 Å². The van der Waals surface area contributed by atoms with Gasteiger partial charge in [-0.1, -0.05) is 12.1 Å². The van der Waals surface area contributed by atoms with E-state index < -0.39 is 0 Å². The number of methoxy groups -OCH3 is 1. The van der Waals surface area contributed by atoms with E-state index in [9.17, 15) is 4.79 Å². The SMILES string of the molecule is CCOc1cc(OCC)cc(C(=O)Nc2ccc(NCCc3ccc(OC)cc3)nc2)c1. The predicted octanol–water partition coefficient (Wildman–Crippen LogP) is 4.79. The fraction of sp³-hybridized carbons (Fsp3) is 0.280. The first-order valence-electron chi connectivity index (χ1n) is 10.7. The van der Waals surface area contributed by atoms with Crippen LogP contribution in [-0.2, 0) is 6.42 Å². The summed E-state index contributed by atoms with van der Waals surface area (Å²) in [4.78, 5) is 17.1. The van der Waals surface area contributed by atoms with Crippen LogP contribution in [0.2, 0.25) is 0 Å². The van der Waals surface area contributed by atoms with Crippen LogP contribution in [0.25, 0.3) is 0 Å². The molecule has 1 amide bonds. The van der Waals surface area contributed by atoms with Gasteiger partial charge in [0.15, 0.2) is 0 Å². The number of pyridine rings is 1. The second-order valence-corrected chi connectivity index (χ2v) is 6.97. The van der Waals surface area contributed by atoms with Crippen LogP contribution in [0.5, 0.6) is 17.2 Å². The normalized spacial score (nSPS) is 10.3. The predicted molar refractivity (Wildman–Crippen MR) is 126 cm³/mol. The molecule has 168 valence electrons. The van der Waals surface area contributed by atoms with Gasteiger partial charge in [0.05, 0.1) is 32.2 Å². The van der Waals surface area contributed by atoms with Gasteiger partial charge in [0.25, 0.3) is 5.91 Å². The van der Waals surface area contributed by atoms with Gasteiger partial charge in [-0.25, -0.2) is 4.98 Å². The summed E-state index contributed by atoms with van der Waals surface area (Å²) in [6.45, 7) is 5.55. The molecule has 0 aliphatic rings. The van der Waals surface area contributed by atoms with Crippen LogP contribution >= 0.6 is 0 Å². The third-order valence-corrected chi connectivity index (χ3v) is 4.66. The third kappa shape index (κ3) is 6.63. The number of carbonyl (C=O) groups excluding carboxylic acids is 1. The number of rotatable bonds is 11. The molecular weight excluding hydrogens is 406 g/mol. The lowest BCUT2D eigenvalue weighted by atomic mass is 10.1. The van der Waals surface area contributed by atoms with Crippen molar-refractivity contribution in [1.82, 2.24) is 4.98 Å². The van der Waals surface area contributed by atoms with Crippen molar-refractivity contribution in [3.63, 3.8) is 0 Å². The lowest BCUT2D eigenvalue weighted by molar-refractivity contribution is 0.102. The van der Waals surface area contributed by atoms with Crippen molar-refractivity contribution in [2.24, 2.45) is 0 Å². The highest BCUT2D eigenvalue weighted by molar-refractivity contribution is 6.04. The molecule has 0 aliphatic heterocycles. The van der Waals surface area contributed by atoms with Gasteiger partial charge < -0.3 is 24.8 Å². The van der Waals surface area contributed by atoms with Gasteiger partial charge in [-0.05, 0) is 62.2 Å². The Kier molecular flexibility index (Phi) is 8.31. The first-order chi connectivity index (χ1) is 15.6. The van der Waals surface area contributed by atoms with Crippen molar-refractivity contribution in [2.45, 2.75) is 20.3 Å². The maximum atomic E-state index is 12.7. The molecule has 0 saturated carbocycles. The molecule has 2 N–H and O–H groups in total. The van der Waals surface area contributed by atoms with E-state index in [-0.39, 0.29) is 5.91 Å². The van der Waals surface area contributed by atoms with Gasteiger partial charge in [0, 0.05) is 18.2 Å². The Hall–Kier alpha value is -3.74. The molecule has 0 fully saturated rings. The van der Waals surface area contributed by atoms with Gasteiger partial charge in [-0.2, -0.15) is 0 Å². The molecule has 3 aromatic rings. The topological polar surface area (TPSA) is 81.7 Å². The van der Waals surface area contributed by atoms with Gasteiger partial charge in [-0.15, -0.1) is 0 Å². The summed E-state index contributed by atoms with van der Waals surface area (Å²) >= 11 is 0. The molecule has 7 heteroatoms. The van der Waals surface area contributed by atoms with Gasteiger partial charge in [0.2, 0.25) is 0 Å². The van der Waals surface area contributed by atoms with E-state index in [0.717, 1.165) is 24.5 Å². The molecule has 0 atom stereocenters. The van der Waals surface area contributed by atoms with Crippen LogP contribution in [0, 0.1) is 0 Å². The number of aromatic nitrogens is 1. The standard InChI is InChI=1S/C25H29N3O4/c1-4-31-22-14-19(15-23(16-22)32-5-2)25(29)28-20-8-11-24(27-17-20)26-13-12-18-6-9-21(30-3)10-7-18/h6-11,14-17H,4-5,12-13H2,1-3H3,(H,26,27)(H,28,29). The fourth-order valence-corrected chi connectivity index (χ4v) is 3.11. The summed E-state index contributed by atoms with van der Waals surface area (Å²) in [5, 5.41) is 6.15. The number of hydrogen-bond donors (Lipinski definition) is 2. The molecule has 32 heavy (non-hydrogen) atoms. The average molecular weight is 436 g/mol. The molecular formula is C25H29N3O4. The number of nitrogens with zero attached hydrogens (tertiary/aromatic N) is 1. The largest absolute Gasteiger partial charge is 0.497 e. The maximum absolute atomic E-state index is 12.7. The highest BCUT2D eigenvalue weighted by atomic mass is 16.5. The summed E-state index contributed by atoms with van der Waals surface area (Å²) in [5.74, 6) is 2.53. The van der Waals surface area contributed by atoms with Crippen molar-refractivity contribution in [3.8, 4) is 17.2 Å². The van der Waals surface area contributed by atoms with Crippen molar-refractivity contribution in [3.05, 3.63) is 71.9 Å². The number of carbonyl (C=O) groups is 1. The second-order valence-electron chi connectivity index (χ2n) is 6.97. The number of nitrogens with one attached hydrogen (secondary N) is 2. The quantitative estimate of drug-likeness (QED) is 0.451. The summed E-state index contributed by atoms with van der Waals surface area (Å²) < 4.78 is 16.3. The lowest BCUT2D eigenvalue weighted by Gasteiger charge is -2.11. The smallest absolute Gasteiger partial charge is 0.255 e. The molecule has 0 unspecified atom stereocenters. The number of hydrogen-bond acceptors (Lipinski definition) is 6. The minimum atomic E-state index is -0.255. The van der Waals surface area contributed by atoms with E-state index >= 15 is 0 Å². The molecule has 1 aromatic heterocycles. The minimum absolute atomic E-state index is 0.255. The van der Waals surface area contributed by atoms with Gasteiger partial charge in [0.1, 0.15) is 23.1 Å². The third-order valence-electron chi connectivity index (χ3n) is 4.66. The number of amides is 1. The molecule has 0 saturated heterocycles. The van der Waals surface area contributed by atoms with Crippen LogP contribution in [0.15, 0.2) is 60.8 Å². The Morgan fingerprint density at radius 3 is 2.16 bits per heavy atom. The van der Waals surface area contributed by atoms with E-state index in [4.69, 9.17) is 14.2 Å². The van der Waals surface area contributed by atoms with Crippen molar-refractivity contribution < 1.29 is 19.0 Å². The Morgan fingerprint density at radius 2 is 1.59 bits per heavy atom. The van der Waals surface area contributed by atoms with E-state index in [1.807, 2.05) is 50.2 Å². The summed E-state index contributed by atoms with van der Waals surface area (Å²) in [7, 11) is 1.66. The first kappa shape index (κ1) is 22.9. The second kappa shape index (κ2) is 11.6. The molecule has 0 bridgehead atoms. The number of benzene rings is 2. The Morgan fingerprint density at radius 1 is 0.906 bits per heavy atom. The van der Waals surface area contributed by atoms with E-state index in [1.54, 1.807) is 31.5 Å². The molecule has 0 radical (unpaired) electrons. The summed E-state index contributed by atoms with van der Waals surface area (Å²) in [6.07, 6.45) is 2.49. The Balaban J connectivity index is 1.56. The number of ether oxygens (including phenoxy) is 3. The first-order valence-corrected chi connectivity index (χ1v) is 10.7. The fourth-order valence-electron chi connectivity index (χ4n) is 3.11. The maximum Gasteiger partial charge on any atom is 0.255 e. The zero-order chi connectivity index (χ0) is 22.8. The molecule has 2 aromatic carbocycles. The lowest BCUT2D eigenvalue weighted by Crippen LogP contribution is -2.13. The summed E-state index contributed by atoms with van der Waals surface area (Å²) in [6, 6.07) is 16.8.